The zero-order chi connectivity index (χ0) is 15.2. The standard InChI is InChI=1S/C15H22N2O3/c1-15(2,3)14(20)17-10-11-5-4-6-12(9-11)13(19)16-7-8-18/h4-6,9,18H,7-8,10H2,1-3H3,(H,16,19)(H,17,20). The van der Waals surface area contributed by atoms with Crippen LogP contribution in [0.4, 0.5) is 0 Å². The van der Waals surface area contributed by atoms with Crippen molar-refractivity contribution >= 4 is 11.8 Å². The van der Waals surface area contributed by atoms with E-state index in [4.69, 9.17) is 5.11 Å². The number of aliphatic hydroxyl groups is 1. The molecule has 0 saturated carbocycles. The molecule has 0 heterocycles. The van der Waals surface area contributed by atoms with Crippen LogP contribution in [0.15, 0.2) is 24.3 Å². The molecule has 1 rings (SSSR count). The van der Waals surface area contributed by atoms with Gasteiger partial charge in [-0.2, -0.15) is 0 Å². The Bertz CT molecular complexity index is 478. The first-order valence-electron chi connectivity index (χ1n) is 6.61. The Hall–Kier alpha value is -1.88. The fraction of sp³-hybridized carbons (Fsp3) is 0.467. The highest BCUT2D eigenvalue weighted by Gasteiger charge is 2.20. The number of carbonyl (C=O) groups is 2. The quantitative estimate of drug-likeness (QED) is 0.754. The molecule has 0 unspecified atom stereocenters. The maximum Gasteiger partial charge on any atom is 0.251 e. The third kappa shape index (κ3) is 5.01. The van der Waals surface area contributed by atoms with Crippen LogP contribution in [-0.4, -0.2) is 30.1 Å². The van der Waals surface area contributed by atoms with Crippen molar-refractivity contribution in [2.75, 3.05) is 13.2 Å². The molecule has 5 heteroatoms. The summed E-state index contributed by atoms with van der Waals surface area (Å²) in [4.78, 5) is 23.5. The van der Waals surface area contributed by atoms with Crippen LogP contribution in [0.25, 0.3) is 0 Å². The van der Waals surface area contributed by atoms with Crippen LogP contribution in [0.1, 0.15) is 36.7 Å². The lowest BCUT2D eigenvalue weighted by atomic mass is 9.95. The Kier molecular flexibility index (Phi) is 5.70. The van der Waals surface area contributed by atoms with Gasteiger partial charge in [-0.3, -0.25) is 9.59 Å². The van der Waals surface area contributed by atoms with Gasteiger partial charge in [0.1, 0.15) is 0 Å². The first-order chi connectivity index (χ1) is 9.34. The summed E-state index contributed by atoms with van der Waals surface area (Å²) < 4.78 is 0. The lowest BCUT2D eigenvalue weighted by molar-refractivity contribution is -0.128. The maximum atomic E-state index is 11.8. The van der Waals surface area contributed by atoms with Gasteiger partial charge in [-0.15, -0.1) is 0 Å². The summed E-state index contributed by atoms with van der Waals surface area (Å²) in [6.07, 6.45) is 0. The first kappa shape index (κ1) is 16.2. The lowest BCUT2D eigenvalue weighted by Gasteiger charge is -2.17. The molecule has 0 aliphatic heterocycles. The summed E-state index contributed by atoms with van der Waals surface area (Å²) in [6, 6.07) is 7.05. The molecule has 0 aliphatic rings. The molecule has 3 N–H and O–H groups in total. The van der Waals surface area contributed by atoms with Gasteiger partial charge in [0.15, 0.2) is 0 Å². The second-order valence-corrected chi connectivity index (χ2v) is 5.61. The van der Waals surface area contributed by atoms with Crippen LogP contribution < -0.4 is 10.6 Å². The minimum Gasteiger partial charge on any atom is -0.395 e. The first-order valence-corrected chi connectivity index (χ1v) is 6.61. The van der Waals surface area contributed by atoms with E-state index < -0.39 is 5.41 Å². The number of benzene rings is 1. The number of aliphatic hydroxyl groups excluding tert-OH is 1. The predicted molar refractivity (Wildman–Crippen MR) is 77.2 cm³/mol. The van der Waals surface area contributed by atoms with Crippen molar-refractivity contribution in [3.63, 3.8) is 0 Å². The smallest absolute Gasteiger partial charge is 0.251 e. The minimum atomic E-state index is -0.434. The summed E-state index contributed by atoms with van der Waals surface area (Å²) in [6.45, 7) is 6.07. The molecule has 0 saturated heterocycles. The maximum absolute atomic E-state index is 11.8. The third-order valence-corrected chi connectivity index (χ3v) is 2.72. The monoisotopic (exact) mass is 278 g/mol. The van der Waals surface area contributed by atoms with Crippen LogP contribution in [0, 0.1) is 5.41 Å². The van der Waals surface area contributed by atoms with Gasteiger partial charge >= 0.3 is 0 Å². The molecule has 1 aromatic rings. The fourth-order valence-electron chi connectivity index (χ4n) is 1.54. The van der Waals surface area contributed by atoms with E-state index in [1.807, 2.05) is 26.8 Å². The van der Waals surface area contributed by atoms with Crippen LogP contribution in [-0.2, 0) is 11.3 Å². The van der Waals surface area contributed by atoms with E-state index in [1.165, 1.54) is 0 Å². The van der Waals surface area contributed by atoms with Crippen molar-refractivity contribution in [3.05, 3.63) is 35.4 Å². The third-order valence-electron chi connectivity index (χ3n) is 2.72. The normalized spacial score (nSPS) is 11.0. The van der Waals surface area contributed by atoms with Crippen molar-refractivity contribution in [2.24, 2.45) is 5.41 Å². The van der Waals surface area contributed by atoms with Gasteiger partial charge in [0.25, 0.3) is 5.91 Å². The summed E-state index contributed by atoms with van der Waals surface area (Å²) in [5.74, 6) is -0.268. The average molecular weight is 278 g/mol. The van der Waals surface area contributed by atoms with E-state index in [-0.39, 0.29) is 25.0 Å². The molecular formula is C15H22N2O3. The Morgan fingerprint density at radius 3 is 2.50 bits per heavy atom. The molecule has 0 aliphatic carbocycles. The molecule has 2 amide bonds. The van der Waals surface area contributed by atoms with Crippen molar-refractivity contribution in [1.29, 1.82) is 0 Å². The number of nitrogens with one attached hydrogen (secondary N) is 2. The van der Waals surface area contributed by atoms with E-state index in [9.17, 15) is 9.59 Å². The van der Waals surface area contributed by atoms with Crippen molar-refractivity contribution in [3.8, 4) is 0 Å². The molecule has 20 heavy (non-hydrogen) atoms. The van der Waals surface area contributed by atoms with Crippen LogP contribution in [0.2, 0.25) is 0 Å². The van der Waals surface area contributed by atoms with E-state index in [2.05, 4.69) is 10.6 Å². The molecule has 0 bridgehead atoms. The van der Waals surface area contributed by atoms with Gasteiger partial charge in [-0.05, 0) is 17.7 Å². The SMILES string of the molecule is CC(C)(C)C(=O)NCc1cccc(C(=O)NCCO)c1. The van der Waals surface area contributed by atoms with E-state index in [0.29, 0.717) is 12.1 Å². The second kappa shape index (κ2) is 7.05. The van der Waals surface area contributed by atoms with Gasteiger partial charge < -0.3 is 15.7 Å². The Labute approximate surface area is 119 Å². The van der Waals surface area contributed by atoms with Crippen molar-refractivity contribution in [1.82, 2.24) is 10.6 Å². The predicted octanol–water partition coefficient (Wildman–Crippen LogP) is 1.07. The highest BCUT2D eigenvalue weighted by molar-refractivity contribution is 5.94. The van der Waals surface area contributed by atoms with Gasteiger partial charge in [0.2, 0.25) is 5.91 Å². The van der Waals surface area contributed by atoms with Gasteiger partial charge in [0, 0.05) is 24.1 Å². The molecular weight excluding hydrogens is 256 g/mol. The second-order valence-electron chi connectivity index (χ2n) is 5.61. The van der Waals surface area contributed by atoms with E-state index in [0.717, 1.165) is 5.56 Å². The lowest BCUT2D eigenvalue weighted by Crippen LogP contribution is -2.34. The highest BCUT2D eigenvalue weighted by atomic mass is 16.3. The summed E-state index contributed by atoms with van der Waals surface area (Å²) >= 11 is 0. The minimum absolute atomic E-state index is 0.0346. The molecule has 0 fully saturated rings. The Morgan fingerprint density at radius 1 is 1.20 bits per heavy atom. The largest absolute Gasteiger partial charge is 0.395 e. The van der Waals surface area contributed by atoms with Crippen LogP contribution >= 0.6 is 0 Å². The van der Waals surface area contributed by atoms with Crippen LogP contribution in [0.5, 0.6) is 0 Å². The molecule has 0 radical (unpaired) electrons. The Morgan fingerprint density at radius 2 is 1.90 bits per heavy atom. The summed E-state index contributed by atoms with van der Waals surface area (Å²) in [5, 5.41) is 14.1. The molecule has 0 aromatic heterocycles. The van der Waals surface area contributed by atoms with Crippen molar-refractivity contribution < 1.29 is 14.7 Å². The topological polar surface area (TPSA) is 78.4 Å². The molecule has 1 aromatic carbocycles. The number of rotatable bonds is 5. The molecule has 0 spiro atoms. The van der Waals surface area contributed by atoms with Crippen molar-refractivity contribution in [2.45, 2.75) is 27.3 Å². The fourth-order valence-corrected chi connectivity index (χ4v) is 1.54. The van der Waals surface area contributed by atoms with Gasteiger partial charge in [-0.1, -0.05) is 32.9 Å². The zero-order valence-corrected chi connectivity index (χ0v) is 12.2. The van der Waals surface area contributed by atoms with Crippen LogP contribution in [0.3, 0.4) is 0 Å². The number of hydrogen-bond donors (Lipinski definition) is 3. The highest BCUT2D eigenvalue weighted by Crippen LogP contribution is 2.13. The molecule has 0 atom stereocenters. The number of carbonyl (C=O) groups excluding carboxylic acids is 2. The van der Waals surface area contributed by atoms with Gasteiger partial charge in [0.05, 0.1) is 6.61 Å². The van der Waals surface area contributed by atoms with E-state index >= 15 is 0 Å². The summed E-state index contributed by atoms with van der Waals surface area (Å²) in [7, 11) is 0. The van der Waals surface area contributed by atoms with E-state index in [1.54, 1.807) is 18.2 Å². The summed E-state index contributed by atoms with van der Waals surface area (Å²) in [5.41, 5.74) is 0.941. The number of hydrogen-bond acceptors (Lipinski definition) is 3. The number of amides is 2. The van der Waals surface area contributed by atoms with Gasteiger partial charge in [-0.25, -0.2) is 0 Å². The molecule has 110 valence electrons. The Balaban J connectivity index is 2.64. The zero-order valence-electron chi connectivity index (χ0n) is 12.2. The average Bonchev–Trinajstić information content (AvgIpc) is 2.41. The molecule has 5 nitrogen and oxygen atoms in total.